The highest BCUT2D eigenvalue weighted by molar-refractivity contribution is 6.31. The van der Waals surface area contributed by atoms with Gasteiger partial charge in [0.25, 0.3) is 5.91 Å². The van der Waals surface area contributed by atoms with Crippen LogP contribution in [0.1, 0.15) is 54.4 Å². The molecule has 1 atom stereocenters. The Labute approximate surface area is 203 Å². The number of methoxy groups -OCH3 is 1. The van der Waals surface area contributed by atoms with E-state index in [9.17, 15) is 9.59 Å². The van der Waals surface area contributed by atoms with Crippen molar-refractivity contribution in [2.75, 3.05) is 33.5 Å². The van der Waals surface area contributed by atoms with Gasteiger partial charge in [-0.2, -0.15) is 0 Å². The molecular weight excluding hydrogens is 458 g/mol. The minimum Gasteiger partial charge on any atom is -0.490 e. The molecule has 0 aliphatic carbocycles. The zero-order chi connectivity index (χ0) is 24.2. The second-order valence-corrected chi connectivity index (χ2v) is 8.49. The molecular formula is C26H28ClNO6. The topological polar surface area (TPSA) is 78.2 Å². The summed E-state index contributed by atoms with van der Waals surface area (Å²) >= 11 is 6.14. The van der Waals surface area contributed by atoms with Crippen molar-refractivity contribution in [3.8, 4) is 11.5 Å². The number of rotatable bonds is 10. The second-order valence-electron chi connectivity index (χ2n) is 8.05. The van der Waals surface area contributed by atoms with Crippen molar-refractivity contribution in [3.05, 3.63) is 68.5 Å². The maximum atomic E-state index is 13.6. The zero-order valence-corrected chi connectivity index (χ0v) is 20.3. The highest BCUT2D eigenvalue weighted by Crippen LogP contribution is 2.41. The Morgan fingerprint density at radius 2 is 1.85 bits per heavy atom. The minimum atomic E-state index is -0.652. The third kappa shape index (κ3) is 4.50. The maximum absolute atomic E-state index is 13.6. The van der Waals surface area contributed by atoms with Crippen LogP contribution in [0.3, 0.4) is 0 Å². The SMILES string of the molecule is CCCCOc1ccc(C2c3c(oc4ccc(Cl)cc4c3=O)C(=O)N2CCOC)cc1OCC. The Morgan fingerprint density at radius 3 is 2.59 bits per heavy atom. The van der Waals surface area contributed by atoms with Crippen molar-refractivity contribution in [1.82, 2.24) is 4.90 Å². The van der Waals surface area contributed by atoms with Gasteiger partial charge in [0.15, 0.2) is 16.9 Å². The van der Waals surface area contributed by atoms with Gasteiger partial charge in [0.1, 0.15) is 5.58 Å². The quantitative estimate of drug-likeness (QED) is 0.366. The Morgan fingerprint density at radius 1 is 1.03 bits per heavy atom. The van der Waals surface area contributed by atoms with Crippen LogP contribution in [0.25, 0.3) is 11.0 Å². The van der Waals surface area contributed by atoms with Crippen LogP contribution in [0, 0.1) is 0 Å². The number of amides is 1. The predicted molar refractivity (Wildman–Crippen MR) is 130 cm³/mol. The Kier molecular flexibility index (Phi) is 7.44. The lowest BCUT2D eigenvalue weighted by atomic mass is 9.98. The highest BCUT2D eigenvalue weighted by Gasteiger charge is 2.42. The molecule has 3 aromatic rings. The van der Waals surface area contributed by atoms with E-state index in [0.717, 1.165) is 18.4 Å². The number of benzene rings is 2. The van der Waals surface area contributed by atoms with Gasteiger partial charge in [0, 0.05) is 18.7 Å². The van der Waals surface area contributed by atoms with Crippen LogP contribution in [0.5, 0.6) is 11.5 Å². The average Bonchev–Trinajstić information content (AvgIpc) is 3.11. The van der Waals surface area contributed by atoms with E-state index in [1.54, 1.807) is 30.2 Å². The third-order valence-electron chi connectivity index (χ3n) is 5.80. The lowest BCUT2D eigenvalue weighted by Gasteiger charge is -2.25. The molecule has 0 saturated carbocycles. The standard InChI is InChI=1S/C26H28ClNO6/c1-4-6-12-33-20-9-7-16(14-21(20)32-5-2)23-22-24(29)18-15-17(27)8-10-19(18)34-25(22)26(30)28(23)11-13-31-3/h7-10,14-15,23H,4-6,11-13H2,1-3H3. The van der Waals surface area contributed by atoms with E-state index in [1.165, 1.54) is 0 Å². The Bertz CT molecular complexity index is 1250. The molecule has 2 heterocycles. The van der Waals surface area contributed by atoms with Crippen molar-refractivity contribution < 1.29 is 23.4 Å². The number of hydrogen-bond donors (Lipinski definition) is 0. The highest BCUT2D eigenvalue weighted by atomic mass is 35.5. The summed E-state index contributed by atoms with van der Waals surface area (Å²) in [5, 5.41) is 0.756. The van der Waals surface area contributed by atoms with E-state index in [0.29, 0.717) is 53.9 Å². The predicted octanol–water partition coefficient (Wildman–Crippen LogP) is 5.22. The molecule has 0 N–H and O–H groups in total. The first-order valence-corrected chi connectivity index (χ1v) is 11.8. The minimum absolute atomic E-state index is 0.0437. The largest absolute Gasteiger partial charge is 0.490 e. The van der Waals surface area contributed by atoms with Gasteiger partial charge in [-0.1, -0.05) is 31.0 Å². The fraction of sp³-hybridized carbons (Fsp3) is 0.385. The van der Waals surface area contributed by atoms with Gasteiger partial charge in [-0.05, 0) is 49.2 Å². The molecule has 1 aromatic heterocycles. The molecule has 1 aliphatic heterocycles. The molecule has 8 heteroatoms. The van der Waals surface area contributed by atoms with Crippen molar-refractivity contribution in [3.63, 3.8) is 0 Å². The lowest BCUT2D eigenvalue weighted by molar-refractivity contribution is 0.0663. The number of nitrogens with zero attached hydrogens (tertiary/aromatic N) is 1. The number of fused-ring (bicyclic) bond motifs is 2. The first kappa shape index (κ1) is 24.1. The molecule has 1 aliphatic rings. The number of carbonyl (C=O) groups excluding carboxylic acids is 1. The monoisotopic (exact) mass is 485 g/mol. The van der Waals surface area contributed by atoms with Gasteiger partial charge in [0.05, 0.1) is 36.8 Å². The van der Waals surface area contributed by atoms with E-state index in [4.69, 9.17) is 30.2 Å². The first-order valence-electron chi connectivity index (χ1n) is 11.5. The summed E-state index contributed by atoms with van der Waals surface area (Å²) in [5.41, 5.74) is 1.06. The molecule has 7 nitrogen and oxygen atoms in total. The zero-order valence-electron chi connectivity index (χ0n) is 19.6. The van der Waals surface area contributed by atoms with Crippen molar-refractivity contribution >= 4 is 28.5 Å². The van der Waals surface area contributed by atoms with E-state index in [-0.39, 0.29) is 22.7 Å². The Balaban J connectivity index is 1.86. The summed E-state index contributed by atoms with van der Waals surface area (Å²) in [5.74, 6) is 0.885. The molecule has 0 fully saturated rings. The molecule has 0 saturated heterocycles. The fourth-order valence-electron chi connectivity index (χ4n) is 4.17. The molecule has 2 aromatic carbocycles. The lowest BCUT2D eigenvalue weighted by Crippen LogP contribution is -2.32. The van der Waals surface area contributed by atoms with Crippen molar-refractivity contribution in [2.45, 2.75) is 32.7 Å². The van der Waals surface area contributed by atoms with Crippen LogP contribution in [0.2, 0.25) is 5.02 Å². The summed E-state index contributed by atoms with van der Waals surface area (Å²) in [6.45, 7) is 5.63. The van der Waals surface area contributed by atoms with Crippen molar-refractivity contribution in [1.29, 1.82) is 0 Å². The molecule has 34 heavy (non-hydrogen) atoms. The number of ether oxygens (including phenoxy) is 3. The van der Waals surface area contributed by atoms with Crippen LogP contribution >= 0.6 is 11.6 Å². The van der Waals surface area contributed by atoms with Gasteiger partial charge in [-0.3, -0.25) is 9.59 Å². The Hall–Kier alpha value is -3.03. The summed E-state index contributed by atoms with van der Waals surface area (Å²) in [7, 11) is 1.57. The summed E-state index contributed by atoms with van der Waals surface area (Å²) in [4.78, 5) is 28.5. The van der Waals surface area contributed by atoms with Crippen LogP contribution < -0.4 is 14.9 Å². The first-order chi connectivity index (χ1) is 16.5. The molecule has 180 valence electrons. The summed E-state index contributed by atoms with van der Waals surface area (Å²) in [6, 6.07) is 9.67. The van der Waals surface area contributed by atoms with Crippen LogP contribution in [-0.2, 0) is 4.74 Å². The number of carbonyl (C=O) groups is 1. The smallest absolute Gasteiger partial charge is 0.290 e. The van der Waals surface area contributed by atoms with E-state index < -0.39 is 6.04 Å². The molecule has 0 radical (unpaired) electrons. The average molecular weight is 486 g/mol. The number of unbranched alkanes of at least 4 members (excludes halogenated alkanes) is 1. The van der Waals surface area contributed by atoms with Crippen LogP contribution in [0.4, 0.5) is 0 Å². The van der Waals surface area contributed by atoms with Gasteiger partial charge >= 0.3 is 0 Å². The van der Waals surface area contributed by atoms with E-state index in [2.05, 4.69) is 6.92 Å². The van der Waals surface area contributed by atoms with Gasteiger partial charge < -0.3 is 23.5 Å². The van der Waals surface area contributed by atoms with Crippen molar-refractivity contribution in [2.24, 2.45) is 0 Å². The molecule has 0 spiro atoms. The fourth-order valence-corrected chi connectivity index (χ4v) is 4.34. The normalized spacial score (nSPS) is 15.1. The second kappa shape index (κ2) is 10.5. The van der Waals surface area contributed by atoms with Gasteiger partial charge in [0.2, 0.25) is 5.76 Å². The van der Waals surface area contributed by atoms with Crippen LogP contribution in [-0.4, -0.2) is 44.3 Å². The van der Waals surface area contributed by atoms with Gasteiger partial charge in [-0.25, -0.2) is 0 Å². The molecule has 0 bridgehead atoms. The molecule has 4 rings (SSSR count). The van der Waals surface area contributed by atoms with E-state index in [1.807, 2.05) is 25.1 Å². The number of hydrogen-bond acceptors (Lipinski definition) is 6. The van der Waals surface area contributed by atoms with Crippen LogP contribution in [0.15, 0.2) is 45.6 Å². The number of halogens is 1. The molecule has 1 unspecified atom stereocenters. The van der Waals surface area contributed by atoms with E-state index >= 15 is 0 Å². The molecule has 1 amide bonds. The third-order valence-corrected chi connectivity index (χ3v) is 6.04. The van der Waals surface area contributed by atoms with Gasteiger partial charge in [-0.15, -0.1) is 0 Å². The summed E-state index contributed by atoms with van der Waals surface area (Å²) < 4.78 is 22.9. The maximum Gasteiger partial charge on any atom is 0.290 e. The summed E-state index contributed by atoms with van der Waals surface area (Å²) in [6.07, 6.45) is 1.95.